The molecule has 0 aliphatic heterocycles. The first kappa shape index (κ1) is 9.51. The molecule has 0 aliphatic rings. The van der Waals surface area contributed by atoms with Crippen LogP contribution in [0.2, 0.25) is 0 Å². The van der Waals surface area contributed by atoms with Crippen molar-refractivity contribution in [3.63, 3.8) is 0 Å². The van der Waals surface area contributed by atoms with Crippen LogP contribution in [-0.2, 0) is 16.0 Å². The molecule has 0 saturated carbocycles. The lowest BCUT2D eigenvalue weighted by Gasteiger charge is -2.00. The number of rotatable bonds is 2. The average Bonchev–Trinajstić information content (AvgIpc) is 2.11. The molecule has 4 heteroatoms. The number of esters is 1. The van der Waals surface area contributed by atoms with Gasteiger partial charge in [0.25, 0.3) is 0 Å². The van der Waals surface area contributed by atoms with E-state index in [2.05, 4.69) is 4.74 Å². The van der Waals surface area contributed by atoms with Crippen molar-refractivity contribution in [3.05, 3.63) is 29.6 Å². The number of halogens is 1. The summed E-state index contributed by atoms with van der Waals surface area (Å²) in [5, 5.41) is 8.84. The number of phenolic OH excluding ortho intramolecular Hbond substituents is 1. The number of carbonyl (C=O) groups excluding carboxylic acids is 1. The van der Waals surface area contributed by atoms with Crippen molar-refractivity contribution in [1.82, 2.24) is 0 Å². The number of hydrogen-bond acceptors (Lipinski definition) is 3. The van der Waals surface area contributed by atoms with Crippen molar-refractivity contribution in [2.75, 3.05) is 7.11 Å². The molecule has 0 fully saturated rings. The maximum absolute atomic E-state index is 12.7. The minimum Gasteiger partial charge on any atom is -0.505 e. The summed E-state index contributed by atoms with van der Waals surface area (Å²) in [4.78, 5) is 10.8. The lowest BCUT2D eigenvalue weighted by molar-refractivity contribution is -0.139. The predicted octanol–water partition coefficient (Wildman–Crippen LogP) is 1.25. The monoisotopic (exact) mass is 184 g/mol. The molecular weight excluding hydrogens is 175 g/mol. The molecule has 0 heterocycles. The average molecular weight is 184 g/mol. The summed E-state index contributed by atoms with van der Waals surface area (Å²) in [7, 11) is 1.26. The molecule has 0 amide bonds. The lowest BCUT2D eigenvalue weighted by Crippen LogP contribution is -2.04. The summed E-state index contributed by atoms with van der Waals surface area (Å²) in [6.45, 7) is 0. The van der Waals surface area contributed by atoms with Gasteiger partial charge in [-0.05, 0) is 17.7 Å². The molecule has 70 valence electrons. The van der Waals surface area contributed by atoms with Crippen molar-refractivity contribution in [2.24, 2.45) is 0 Å². The van der Waals surface area contributed by atoms with Crippen LogP contribution in [0.1, 0.15) is 5.56 Å². The zero-order valence-electron chi connectivity index (χ0n) is 7.08. The largest absolute Gasteiger partial charge is 0.505 e. The van der Waals surface area contributed by atoms with Gasteiger partial charge in [0.15, 0.2) is 11.6 Å². The zero-order valence-corrected chi connectivity index (χ0v) is 7.08. The molecule has 1 aromatic carbocycles. The number of hydrogen-bond donors (Lipinski definition) is 1. The number of carbonyl (C=O) groups is 1. The Bertz CT molecular complexity index is 323. The van der Waals surface area contributed by atoms with E-state index in [9.17, 15) is 9.18 Å². The summed E-state index contributed by atoms with van der Waals surface area (Å²) in [6, 6.07) is 3.77. The first-order chi connectivity index (χ1) is 6.13. The summed E-state index contributed by atoms with van der Waals surface area (Å²) >= 11 is 0. The van der Waals surface area contributed by atoms with Gasteiger partial charge in [0.1, 0.15) is 0 Å². The van der Waals surface area contributed by atoms with Gasteiger partial charge in [0.2, 0.25) is 0 Å². The molecule has 0 bridgehead atoms. The van der Waals surface area contributed by atoms with Crippen LogP contribution in [0.3, 0.4) is 0 Å². The number of aromatic hydroxyl groups is 1. The smallest absolute Gasteiger partial charge is 0.309 e. The van der Waals surface area contributed by atoms with Gasteiger partial charge in [-0.25, -0.2) is 4.39 Å². The van der Waals surface area contributed by atoms with Crippen LogP contribution in [-0.4, -0.2) is 18.2 Å². The molecule has 0 unspecified atom stereocenters. The van der Waals surface area contributed by atoms with Crippen LogP contribution in [0.5, 0.6) is 5.75 Å². The molecule has 13 heavy (non-hydrogen) atoms. The molecule has 0 spiro atoms. The van der Waals surface area contributed by atoms with Gasteiger partial charge in [0.05, 0.1) is 13.5 Å². The Kier molecular flexibility index (Phi) is 2.84. The van der Waals surface area contributed by atoms with E-state index in [1.165, 1.54) is 19.2 Å². The van der Waals surface area contributed by atoms with Crippen molar-refractivity contribution in [2.45, 2.75) is 6.42 Å². The minimum atomic E-state index is -0.735. The normalized spacial score (nSPS) is 9.69. The fraction of sp³-hybridized carbons (Fsp3) is 0.222. The molecule has 1 aromatic rings. The first-order valence-corrected chi connectivity index (χ1v) is 3.67. The number of benzene rings is 1. The van der Waals surface area contributed by atoms with Crippen LogP contribution in [0.25, 0.3) is 0 Å². The van der Waals surface area contributed by atoms with E-state index in [1.807, 2.05) is 0 Å². The number of methoxy groups -OCH3 is 1. The molecular formula is C9H9FO3. The van der Waals surface area contributed by atoms with Crippen LogP contribution in [0.4, 0.5) is 4.39 Å². The van der Waals surface area contributed by atoms with Crippen molar-refractivity contribution in [3.8, 4) is 5.75 Å². The molecule has 1 rings (SSSR count). The molecule has 1 N–H and O–H groups in total. The summed E-state index contributed by atoms with van der Waals surface area (Å²) in [6.07, 6.45) is 0.00764. The van der Waals surface area contributed by atoms with Crippen LogP contribution in [0.15, 0.2) is 18.2 Å². The summed E-state index contributed by atoms with van der Waals surface area (Å²) in [5.41, 5.74) is 0.474. The SMILES string of the molecule is COC(=O)Cc1ccc(O)c(F)c1. The summed E-state index contributed by atoms with van der Waals surface area (Å²) < 4.78 is 17.1. The fourth-order valence-electron chi connectivity index (χ4n) is 0.899. The minimum absolute atomic E-state index is 0.00764. The third-order valence-corrected chi connectivity index (χ3v) is 1.59. The molecule has 0 radical (unpaired) electrons. The number of phenols is 1. The van der Waals surface area contributed by atoms with Crippen LogP contribution < -0.4 is 0 Å². The van der Waals surface area contributed by atoms with Gasteiger partial charge in [-0.3, -0.25) is 4.79 Å². The van der Waals surface area contributed by atoms with Gasteiger partial charge in [0, 0.05) is 0 Å². The Morgan fingerprint density at radius 2 is 2.31 bits per heavy atom. The second kappa shape index (κ2) is 3.89. The topological polar surface area (TPSA) is 46.5 Å². The van der Waals surface area contributed by atoms with E-state index in [4.69, 9.17) is 5.11 Å². The van der Waals surface area contributed by atoms with Crippen molar-refractivity contribution in [1.29, 1.82) is 0 Å². The first-order valence-electron chi connectivity index (χ1n) is 3.67. The Hall–Kier alpha value is -1.58. The van der Waals surface area contributed by atoms with Gasteiger partial charge in [-0.2, -0.15) is 0 Å². The van der Waals surface area contributed by atoms with Crippen LogP contribution >= 0.6 is 0 Å². The van der Waals surface area contributed by atoms with E-state index in [1.54, 1.807) is 0 Å². The van der Waals surface area contributed by atoms with Gasteiger partial charge >= 0.3 is 5.97 Å². The zero-order chi connectivity index (χ0) is 9.84. The Balaban J connectivity index is 2.79. The van der Waals surface area contributed by atoms with Crippen molar-refractivity contribution >= 4 is 5.97 Å². The van der Waals surface area contributed by atoms with Crippen LogP contribution in [0, 0.1) is 5.82 Å². The van der Waals surface area contributed by atoms with E-state index in [0.29, 0.717) is 5.56 Å². The van der Waals surface area contributed by atoms with E-state index < -0.39 is 17.5 Å². The van der Waals surface area contributed by atoms with Gasteiger partial charge in [-0.1, -0.05) is 6.07 Å². The highest BCUT2D eigenvalue weighted by atomic mass is 19.1. The van der Waals surface area contributed by atoms with E-state index in [0.717, 1.165) is 6.07 Å². The maximum atomic E-state index is 12.7. The molecule has 0 atom stereocenters. The molecule has 0 saturated heterocycles. The predicted molar refractivity (Wildman–Crippen MR) is 43.8 cm³/mol. The Morgan fingerprint density at radius 3 is 2.85 bits per heavy atom. The van der Waals surface area contributed by atoms with Crippen molar-refractivity contribution < 1.29 is 19.0 Å². The highest BCUT2D eigenvalue weighted by Gasteiger charge is 2.05. The second-order valence-electron chi connectivity index (χ2n) is 2.54. The number of ether oxygens (including phenoxy) is 1. The summed E-state index contributed by atoms with van der Waals surface area (Å²) in [5.74, 6) is -1.60. The highest BCUT2D eigenvalue weighted by Crippen LogP contribution is 2.16. The molecule has 0 aromatic heterocycles. The maximum Gasteiger partial charge on any atom is 0.309 e. The third-order valence-electron chi connectivity index (χ3n) is 1.59. The van der Waals surface area contributed by atoms with E-state index in [-0.39, 0.29) is 6.42 Å². The Labute approximate surface area is 74.8 Å². The highest BCUT2D eigenvalue weighted by molar-refractivity contribution is 5.72. The molecule has 3 nitrogen and oxygen atoms in total. The second-order valence-corrected chi connectivity index (χ2v) is 2.54. The molecule has 0 aliphatic carbocycles. The third kappa shape index (κ3) is 2.43. The fourth-order valence-corrected chi connectivity index (χ4v) is 0.899. The standard InChI is InChI=1S/C9H9FO3/c1-13-9(12)5-6-2-3-8(11)7(10)4-6/h2-4,11H,5H2,1H3. The quantitative estimate of drug-likeness (QED) is 0.703. The lowest BCUT2D eigenvalue weighted by atomic mass is 10.1. The Morgan fingerprint density at radius 1 is 1.62 bits per heavy atom. The van der Waals surface area contributed by atoms with Gasteiger partial charge < -0.3 is 9.84 Å². The van der Waals surface area contributed by atoms with Gasteiger partial charge in [-0.15, -0.1) is 0 Å². The van der Waals surface area contributed by atoms with E-state index >= 15 is 0 Å².